The van der Waals surface area contributed by atoms with Gasteiger partial charge >= 0.3 is 5.97 Å². The number of carboxylic acid groups (broad SMARTS) is 1. The molecular weight excluding hydrogens is 442 g/mol. The largest absolute Gasteiger partial charge is 0.477 e. The van der Waals surface area contributed by atoms with Crippen LogP contribution < -0.4 is 5.32 Å². The molecule has 3 heterocycles. The fraction of sp³-hybridized carbons (Fsp3) is 0.115. The highest BCUT2D eigenvalue weighted by atomic mass is 16.4. The van der Waals surface area contributed by atoms with Crippen LogP contribution in [0.4, 0.5) is 0 Å². The lowest BCUT2D eigenvalue weighted by molar-refractivity contribution is -0.133. The van der Waals surface area contributed by atoms with Gasteiger partial charge in [-0.15, -0.1) is 15.3 Å². The van der Waals surface area contributed by atoms with E-state index in [2.05, 4.69) is 20.6 Å². The van der Waals surface area contributed by atoms with Gasteiger partial charge in [0.05, 0.1) is 11.4 Å². The number of carbonyl (C=O) groups is 1. The lowest BCUT2D eigenvalue weighted by atomic mass is 10.1. The molecular formula is C26H23N7O2. The number of nitrogens with zero attached hydrogens (tertiary/aromatic N) is 6. The first-order chi connectivity index (χ1) is 17.0. The van der Waals surface area contributed by atoms with Crippen LogP contribution in [0.2, 0.25) is 0 Å². The second-order valence-electron chi connectivity index (χ2n) is 8.05. The summed E-state index contributed by atoms with van der Waals surface area (Å²) in [5.41, 5.74) is 4.78. The molecule has 9 nitrogen and oxygen atoms in total. The van der Waals surface area contributed by atoms with E-state index in [0.717, 1.165) is 22.4 Å². The summed E-state index contributed by atoms with van der Waals surface area (Å²) < 4.78 is 3.38. The highest BCUT2D eigenvalue weighted by molar-refractivity contribution is 5.91. The third-order valence-electron chi connectivity index (χ3n) is 5.69. The Morgan fingerprint density at radius 1 is 0.943 bits per heavy atom. The van der Waals surface area contributed by atoms with Gasteiger partial charge in [-0.2, -0.15) is 9.61 Å². The topological polar surface area (TPSA) is 110 Å². The summed E-state index contributed by atoms with van der Waals surface area (Å²) in [6.45, 7) is 4.14. The maximum absolute atomic E-state index is 11.9. The SMILES string of the molecule is Cc1nn(-c2ccc3nnc(-c4ccccc4)n3n2)c(C)c1C=C(NCc1ccccc1)C(=O)O. The number of nitrogens with one attached hydrogen (secondary N) is 1. The first kappa shape index (κ1) is 22.0. The monoisotopic (exact) mass is 465 g/mol. The van der Waals surface area contributed by atoms with Crippen molar-refractivity contribution in [2.75, 3.05) is 0 Å². The molecule has 35 heavy (non-hydrogen) atoms. The number of fused-ring (bicyclic) bond motifs is 1. The van der Waals surface area contributed by atoms with Gasteiger partial charge in [-0.25, -0.2) is 9.48 Å². The van der Waals surface area contributed by atoms with Crippen LogP contribution in [-0.4, -0.2) is 40.7 Å². The first-order valence-corrected chi connectivity index (χ1v) is 11.1. The highest BCUT2D eigenvalue weighted by Gasteiger charge is 2.17. The van der Waals surface area contributed by atoms with E-state index in [-0.39, 0.29) is 5.70 Å². The van der Waals surface area contributed by atoms with E-state index in [9.17, 15) is 9.90 Å². The molecule has 2 aromatic carbocycles. The smallest absolute Gasteiger partial charge is 0.351 e. The Morgan fingerprint density at radius 2 is 1.66 bits per heavy atom. The van der Waals surface area contributed by atoms with Gasteiger partial charge in [-0.1, -0.05) is 60.7 Å². The fourth-order valence-corrected chi connectivity index (χ4v) is 3.87. The van der Waals surface area contributed by atoms with E-state index in [0.29, 0.717) is 29.5 Å². The molecule has 9 heteroatoms. The lowest BCUT2D eigenvalue weighted by Crippen LogP contribution is -2.19. The van der Waals surface area contributed by atoms with Crippen molar-refractivity contribution in [3.63, 3.8) is 0 Å². The number of aryl methyl sites for hydroxylation is 1. The van der Waals surface area contributed by atoms with Gasteiger partial charge in [0.25, 0.3) is 0 Å². The van der Waals surface area contributed by atoms with E-state index >= 15 is 0 Å². The molecule has 0 bridgehead atoms. The van der Waals surface area contributed by atoms with Gasteiger partial charge in [0.1, 0.15) is 5.70 Å². The average molecular weight is 466 g/mol. The van der Waals surface area contributed by atoms with Crippen LogP contribution in [0.5, 0.6) is 0 Å². The Kier molecular flexibility index (Phi) is 5.80. The van der Waals surface area contributed by atoms with Crippen LogP contribution in [0.25, 0.3) is 28.9 Å². The minimum Gasteiger partial charge on any atom is -0.477 e. The lowest BCUT2D eigenvalue weighted by Gasteiger charge is -2.08. The summed E-state index contributed by atoms with van der Waals surface area (Å²) in [4.78, 5) is 11.9. The van der Waals surface area contributed by atoms with Crippen molar-refractivity contribution in [3.8, 4) is 17.2 Å². The zero-order valence-electron chi connectivity index (χ0n) is 19.3. The van der Waals surface area contributed by atoms with Crippen molar-refractivity contribution < 1.29 is 9.90 Å². The zero-order valence-corrected chi connectivity index (χ0v) is 19.3. The molecule has 0 saturated carbocycles. The number of aliphatic carboxylic acids is 1. The van der Waals surface area contributed by atoms with Crippen LogP contribution in [0, 0.1) is 13.8 Å². The van der Waals surface area contributed by atoms with E-state index in [1.165, 1.54) is 0 Å². The van der Waals surface area contributed by atoms with Crippen molar-refractivity contribution in [1.82, 2.24) is 34.9 Å². The molecule has 3 aromatic heterocycles. The normalized spacial score (nSPS) is 11.7. The minimum absolute atomic E-state index is 0.0909. The van der Waals surface area contributed by atoms with E-state index in [1.54, 1.807) is 15.3 Å². The number of rotatable bonds is 7. The Bertz CT molecular complexity index is 1540. The van der Waals surface area contributed by atoms with Gasteiger partial charge in [-0.3, -0.25) is 0 Å². The molecule has 174 valence electrons. The van der Waals surface area contributed by atoms with Crippen molar-refractivity contribution in [1.29, 1.82) is 0 Å². The standard InChI is InChI=1S/C26H23N7O2/c1-17-21(15-22(26(34)35)27-16-19-9-5-3-6-10-19)18(2)32(30-17)24-14-13-23-28-29-25(33(23)31-24)20-11-7-4-8-12-20/h3-15,27H,16H2,1-2H3,(H,34,35). The van der Waals surface area contributed by atoms with E-state index in [1.807, 2.05) is 86.6 Å². The number of hydrogen-bond acceptors (Lipinski definition) is 6. The van der Waals surface area contributed by atoms with E-state index in [4.69, 9.17) is 5.10 Å². The van der Waals surface area contributed by atoms with Crippen molar-refractivity contribution in [2.24, 2.45) is 0 Å². The molecule has 5 aromatic rings. The van der Waals surface area contributed by atoms with Gasteiger partial charge in [0.2, 0.25) is 0 Å². The van der Waals surface area contributed by atoms with Crippen LogP contribution in [0.1, 0.15) is 22.5 Å². The second kappa shape index (κ2) is 9.22. The Balaban J connectivity index is 1.51. The van der Waals surface area contributed by atoms with Crippen LogP contribution in [0.15, 0.2) is 78.5 Å². The van der Waals surface area contributed by atoms with Gasteiger partial charge in [0.15, 0.2) is 17.3 Å². The van der Waals surface area contributed by atoms with Crippen molar-refractivity contribution in [2.45, 2.75) is 20.4 Å². The minimum atomic E-state index is -1.04. The van der Waals surface area contributed by atoms with Gasteiger partial charge in [0, 0.05) is 17.7 Å². The zero-order chi connectivity index (χ0) is 24.4. The number of aromatic nitrogens is 6. The maximum atomic E-state index is 11.9. The third-order valence-corrected chi connectivity index (χ3v) is 5.69. The predicted molar refractivity (Wildman–Crippen MR) is 132 cm³/mol. The van der Waals surface area contributed by atoms with Gasteiger partial charge in [-0.05, 0) is 37.6 Å². The number of carboxylic acids is 1. The fourth-order valence-electron chi connectivity index (χ4n) is 3.87. The molecule has 0 amide bonds. The molecule has 0 radical (unpaired) electrons. The Morgan fingerprint density at radius 3 is 2.37 bits per heavy atom. The second-order valence-corrected chi connectivity index (χ2v) is 8.05. The average Bonchev–Trinajstić information content (AvgIpc) is 3.42. The summed E-state index contributed by atoms with van der Waals surface area (Å²) in [5, 5.41) is 30.7. The first-order valence-electron chi connectivity index (χ1n) is 11.1. The summed E-state index contributed by atoms with van der Waals surface area (Å²) in [6.07, 6.45) is 1.62. The Labute approximate surface area is 201 Å². The molecule has 0 atom stereocenters. The molecule has 5 rings (SSSR count). The van der Waals surface area contributed by atoms with Crippen molar-refractivity contribution >= 4 is 17.7 Å². The molecule has 0 aliphatic heterocycles. The molecule has 0 aliphatic carbocycles. The maximum Gasteiger partial charge on any atom is 0.351 e. The number of benzene rings is 2. The molecule has 2 N–H and O–H groups in total. The van der Waals surface area contributed by atoms with E-state index < -0.39 is 5.97 Å². The summed E-state index contributed by atoms with van der Waals surface area (Å²) in [5.74, 6) is 0.162. The molecule has 0 fully saturated rings. The van der Waals surface area contributed by atoms with Crippen LogP contribution >= 0.6 is 0 Å². The molecule has 0 unspecified atom stereocenters. The number of hydrogen-bond donors (Lipinski definition) is 2. The van der Waals surface area contributed by atoms with Crippen LogP contribution in [-0.2, 0) is 11.3 Å². The third kappa shape index (κ3) is 4.39. The van der Waals surface area contributed by atoms with Crippen molar-refractivity contribution in [3.05, 3.63) is 101 Å². The molecule has 0 aliphatic rings. The quantitative estimate of drug-likeness (QED) is 0.352. The Hall–Kier alpha value is -4.79. The van der Waals surface area contributed by atoms with Crippen LogP contribution in [0.3, 0.4) is 0 Å². The highest BCUT2D eigenvalue weighted by Crippen LogP contribution is 2.22. The van der Waals surface area contributed by atoms with Gasteiger partial charge < -0.3 is 10.4 Å². The summed E-state index contributed by atoms with van der Waals surface area (Å²) >= 11 is 0. The predicted octanol–water partition coefficient (Wildman–Crippen LogP) is 3.81. The summed E-state index contributed by atoms with van der Waals surface area (Å²) in [6, 6.07) is 23.0. The molecule has 0 spiro atoms. The molecule has 0 saturated heterocycles. The summed E-state index contributed by atoms with van der Waals surface area (Å²) in [7, 11) is 0.